The molecule has 0 fully saturated rings. The Balaban J connectivity index is 2.94. The lowest BCUT2D eigenvalue weighted by Gasteiger charge is -2.14. The first-order valence-corrected chi connectivity index (χ1v) is 5.00. The maximum atomic E-state index is 9.90. The van der Waals surface area contributed by atoms with Gasteiger partial charge in [0.25, 0.3) is 0 Å². The molecule has 0 radical (unpaired) electrons. The number of methoxy groups -OCH3 is 2. The van der Waals surface area contributed by atoms with Crippen LogP contribution in [0, 0.1) is 11.3 Å². The molecule has 1 aromatic rings. The largest absolute Gasteiger partial charge is 0.497 e. The smallest absolute Gasteiger partial charge is 0.124 e. The molecular formula is C12H15NO3. The standard InChI is InChI=1S/C12H15NO3/c1-15-9-5-6-12(16-2)10(8-9)11(14)4-3-7-13/h5-6,8,11,14H,3-4H2,1-2H3. The highest BCUT2D eigenvalue weighted by Crippen LogP contribution is 2.31. The Morgan fingerprint density at radius 1 is 1.38 bits per heavy atom. The molecule has 0 aliphatic heterocycles. The van der Waals surface area contributed by atoms with Gasteiger partial charge in [0.15, 0.2) is 0 Å². The molecule has 0 aliphatic carbocycles. The van der Waals surface area contributed by atoms with Gasteiger partial charge < -0.3 is 14.6 Å². The van der Waals surface area contributed by atoms with Gasteiger partial charge in [-0.15, -0.1) is 0 Å². The predicted molar refractivity (Wildman–Crippen MR) is 59.4 cm³/mol. The number of aliphatic hydroxyl groups excluding tert-OH is 1. The zero-order valence-electron chi connectivity index (χ0n) is 9.43. The van der Waals surface area contributed by atoms with Crippen molar-refractivity contribution in [2.45, 2.75) is 18.9 Å². The van der Waals surface area contributed by atoms with Gasteiger partial charge in [0.1, 0.15) is 11.5 Å². The highest BCUT2D eigenvalue weighted by molar-refractivity contribution is 5.41. The van der Waals surface area contributed by atoms with Gasteiger partial charge >= 0.3 is 0 Å². The lowest BCUT2D eigenvalue weighted by Crippen LogP contribution is -2.01. The van der Waals surface area contributed by atoms with E-state index in [1.54, 1.807) is 32.4 Å². The quantitative estimate of drug-likeness (QED) is 0.826. The van der Waals surface area contributed by atoms with Crippen LogP contribution >= 0.6 is 0 Å². The topological polar surface area (TPSA) is 62.5 Å². The summed E-state index contributed by atoms with van der Waals surface area (Å²) in [6.45, 7) is 0. The first-order chi connectivity index (χ1) is 7.72. The molecule has 4 nitrogen and oxygen atoms in total. The van der Waals surface area contributed by atoms with Gasteiger partial charge in [-0.05, 0) is 24.6 Å². The Bertz CT molecular complexity index is 384. The maximum absolute atomic E-state index is 9.90. The molecule has 1 atom stereocenters. The summed E-state index contributed by atoms with van der Waals surface area (Å²) in [7, 11) is 3.11. The highest BCUT2D eigenvalue weighted by Gasteiger charge is 2.14. The van der Waals surface area contributed by atoms with E-state index in [1.165, 1.54) is 0 Å². The fraction of sp³-hybridized carbons (Fsp3) is 0.417. The minimum absolute atomic E-state index is 0.307. The van der Waals surface area contributed by atoms with Crippen LogP contribution in [0.2, 0.25) is 0 Å². The van der Waals surface area contributed by atoms with Crippen molar-refractivity contribution >= 4 is 0 Å². The second-order valence-corrected chi connectivity index (χ2v) is 3.32. The van der Waals surface area contributed by atoms with Crippen LogP contribution in [-0.2, 0) is 0 Å². The van der Waals surface area contributed by atoms with Crippen molar-refractivity contribution in [1.82, 2.24) is 0 Å². The number of hydrogen-bond acceptors (Lipinski definition) is 4. The summed E-state index contributed by atoms with van der Waals surface area (Å²) < 4.78 is 10.2. The molecule has 86 valence electrons. The monoisotopic (exact) mass is 221 g/mol. The highest BCUT2D eigenvalue weighted by atomic mass is 16.5. The van der Waals surface area contributed by atoms with Crippen LogP contribution in [0.4, 0.5) is 0 Å². The molecule has 0 aliphatic rings. The number of rotatable bonds is 5. The van der Waals surface area contributed by atoms with Crippen molar-refractivity contribution in [3.05, 3.63) is 23.8 Å². The van der Waals surface area contributed by atoms with Crippen LogP contribution < -0.4 is 9.47 Å². The summed E-state index contributed by atoms with van der Waals surface area (Å²) in [5.74, 6) is 1.26. The molecule has 1 N–H and O–H groups in total. The fourth-order valence-corrected chi connectivity index (χ4v) is 1.46. The van der Waals surface area contributed by atoms with Crippen LogP contribution in [0.1, 0.15) is 24.5 Å². The molecular weight excluding hydrogens is 206 g/mol. The summed E-state index contributed by atoms with van der Waals surface area (Å²) in [6, 6.07) is 7.23. The fourth-order valence-electron chi connectivity index (χ4n) is 1.46. The second-order valence-electron chi connectivity index (χ2n) is 3.32. The van der Waals surface area contributed by atoms with Crippen LogP contribution in [0.3, 0.4) is 0 Å². The molecule has 0 amide bonds. The van der Waals surface area contributed by atoms with Gasteiger partial charge in [-0.3, -0.25) is 0 Å². The lowest BCUT2D eigenvalue weighted by molar-refractivity contribution is 0.164. The van der Waals surface area contributed by atoms with Crippen molar-refractivity contribution in [2.75, 3.05) is 14.2 Å². The van der Waals surface area contributed by atoms with Crippen LogP contribution in [0.25, 0.3) is 0 Å². The lowest BCUT2D eigenvalue weighted by atomic mass is 10.0. The molecule has 1 aromatic carbocycles. The summed E-state index contributed by atoms with van der Waals surface area (Å²) in [6.07, 6.45) is -0.00799. The van der Waals surface area contributed by atoms with Gasteiger partial charge in [-0.2, -0.15) is 5.26 Å². The third-order valence-corrected chi connectivity index (χ3v) is 2.33. The Morgan fingerprint density at radius 2 is 2.12 bits per heavy atom. The van der Waals surface area contributed by atoms with E-state index in [0.717, 1.165) is 0 Å². The van der Waals surface area contributed by atoms with Crippen molar-refractivity contribution in [3.8, 4) is 17.6 Å². The Hall–Kier alpha value is -1.73. The summed E-state index contributed by atoms with van der Waals surface area (Å²) in [5, 5.41) is 18.4. The third kappa shape index (κ3) is 2.88. The SMILES string of the molecule is COc1ccc(OC)c(C(O)CCC#N)c1. The summed E-state index contributed by atoms with van der Waals surface area (Å²) in [4.78, 5) is 0. The molecule has 1 unspecified atom stereocenters. The first kappa shape index (κ1) is 12.3. The van der Waals surface area contributed by atoms with Gasteiger partial charge in [0.2, 0.25) is 0 Å². The van der Waals surface area contributed by atoms with E-state index >= 15 is 0 Å². The molecule has 0 aromatic heterocycles. The predicted octanol–water partition coefficient (Wildman–Crippen LogP) is 2.04. The third-order valence-electron chi connectivity index (χ3n) is 2.33. The minimum atomic E-state index is -0.704. The normalized spacial score (nSPS) is 11.6. The Kier molecular flexibility index (Phi) is 4.62. The van der Waals surface area contributed by atoms with E-state index in [-0.39, 0.29) is 0 Å². The van der Waals surface area contributed by atoms with Crippen molar-refractivity contribution < 1.29 is 14.6 Å². The van der Waals surface area contributed by atoms with Crippen LogP contribution in [0.5, 0.6) is 11.5 Å². The van der Waals surface area contributed by atoms with Gasteiger partial charge in [0.05, 0.1) is 26.4 Å². The average Bonchev–Trinajstić information content (AvgIpc) is 2.35. The van der Waals surface area contributed by atoms with Crippen LogP contribution in [-0.4, -0.2) is 19.3 Å². The number of nitriles is 1. The van der Waals surface area contributed by atoms with Crippen molar-refractivity contribution in [2.24, 2.45) is 0 Å². The second kappa shape index (κ2) is 5.99. The van der Waals surface area contributed by atoms with E-state index in [0.29, 0.717) is 29.9 Å². The zero-order valence-corrected chi connectivity index (χ0v) is 9.43. The molecule has 0 spiro atoms. The maximum Gasteiger partial charge on any atom is 0.124 e. The van der Waals surface area contributed by atoms with Crippen LogP contribution in [0.15, 0.2) is 18.2 Å². The molecule has 0 saturated heterocycles. The number of hydrogen-bond donors (Lipinski definition) is 1. The molecule has 4 heteroatoms. The molecule has 1 rings (SSSR count). The number of nitrogens with zero attached hydrogens (tertiary/aromatic N) is 1. The molecule has 0 bridgehead atoms. The van der Waals surface area contributed by atoms with Gasteiger partial charge in [-0.25, -0.2) is 0 Å². The van der Waals surface area contributed by atoms with E-state index in [9.17, 15) is 5.11 Å². The number of benzene rings is 1. The first-order valence-electron chi connectivity index (χ1n) is 5.00. The van der Waals surface area contributed by atoms with E-state index in [2.05, 4.69) is 0 Å². The Labute approximate surface area is 95.0 Å². The van der Waals surface area contributed by atoms with Gasteiger partial charge in [-0.1, -0.05) is 0 Å². The Morgan fingerprint density at radius 3 is 2.69 bits per heavy atom. The van der Waals surface area contributed by atoms with E-state index in [1.807, 2.05) is 6.07 Å². The summed E-state index contributed by atoms with van der Waals surface area (Å²) in [5.41, 5.74) is 0.650. The minimum Gasteiger partial charge on any atom is -0.497 e. The van der Waals surface area contributed by atoms with E-state index in [4.69, 9.17) is 14.7 Å². The van der Waals surface area contributed by atoms with Crippen molar-refractivity contribution in [3.63, 3.8) is 0 Å². The van der Waals surface area contributed by atoms with Crippen molar-refractivity contribution in [1.29, 1.82) is 5.26 Å². The van der Waals surface area contributed by atoms with Gasteiger partial charge in [0, 0.05) is 12.0 Å². The number of ether oxygens (including phenoxy) is 2. The zero-order chi connectivity index (χ0) is 12.0. The number of aliphatic hydroxyl groups is 1. The molecule has 0 heterocycles. The molecule has 16 heavy (non-hydrogen) atoms. The summed E-state index contributed by atoms with van der Waals surface area (Å²) >= 11 is 0. The van der Waals surface area contributed by atoms with E-state index < -0.39 is 6.10 Å². The average molecular weight is 221 g/mol. The molecule has 0 saturated carbocycles.